The lowest BCUT2D eigenvalue weighted by molar-refractivity contribution is 0.151. The van der Waals surface area contributed by atoms with E-state index in [1.54, 1.807) is 24.3 Å². The molecule has 1 aliphatic rings. The Bertz CT molecular complexity index is 727. The van der Waals surface area contributed by atoms with E-state index < -0.39 is 6.09 Å². The average molecular weight is 335 g/mol. The maximum absolute atomic E-state index is 11.2. The maximum atomic E-state index is 11.2. The van der Waals surface area contributed by atoms with Crippen LogP contribution in [-0.4, -0.2) is 28.5 Å². The van der Waals surface area contributed by atoms with E-state index in [2.05, 4.69) is 5.10 Å². The van der Waals surface area contributed by atoms with E-state index in [-0.39, 0.29) is 12.5 Å². The number of hydrogen-bond donors (Lipinski definition) is 1. The molecule has 0 spiro atoms. The molecule has 22 heavy (non-hydrogen) atoms. The highest BCUT2D eigenvalue weighted by molar-refractivity contribution is 6.31. The number of amides is 1. The molecule has 3 rings (SSSR count). The van der Waals surface area contributed by atoms with Crippen molar-refractivity contribution in [2.75, 3.05) is 6.54 Å². The first-order valence-electron chi connectivity index (χ1n) is 6.65. The Morgan fingerprint density at radius 2 is 1.59 bits per heavy atom. The normalized spacial score (nSPS) is 17.5. The molecule has 1 amide bonds. The lowest BCUT2D eigenvalue weighted by atomic mass is 9.91. The van der Waals surface area contributed by atoms with Crippen molar-refractivity contribution in [3.63, 3.8) is 0 Å². The molecule has 0 fully saturated rings. The van der Waals surface area contributed by atoms with Crippen LogP contribution in [0.5, 0.6) is 0 Å². The minimum Gasteiger partial charge on any atom is -0.464 e. The van der Waals surface area contributed by atoms with Crippen LogP contribution in [-0.2, 0) is 0 Å². The fourth-order valence-electron chi connectivity index (χ4n) is 2.46. The van der Waals surface area contributed by atoms with Gasteiger partial charge in [0, 0.05) is 16.0 Å². The standard InChI is InChI=1S/C16H12Cl2N2O2/c17-12-5-1-10(2-6-12)14-9-20(16(21)22)19-15(14)11-3-7-13(18)8-4-11/h1-8,14H,9H2,(H,21,22). The lowest BCUT2D eigenvalue weighted by Gasteiger charge is -2.13. The number of nitrogens with zero attached hydrogens (tertiary/aromatic N) is 2. The molecule has 0 radical (unpaired) electrons. The van der Waals surface area contributed by atoms with E-state index in [0.717, 1.165) is 16.1 Å². The molecule has 0 bridgehead atoms. The van der Waals surface area contributed by atoms with Crippen molar-refractivity contribution in [1.82, 2.24) is 5.01 Å². The van der Waals surface area contributed by atoms with Gasteiger partial charge in [-0.2, -0.15) is 10.1 Å². The average Bonchev–Trinajstić information content (AvgIpc) is 2.94. The van der Waals surface area contributed by atoms with Crippen molar-refractivity contribution < 1.29 is 9.90 Å². The SMILES string of the molecule is O=C(O)N1CC(c2ccc(Cl)cc2)C(c2ccc(Cl)cc2)=N1. The van der Waals surface area contributed by atoms with Gasteiger partial charge >= 0.3 is 6.09 Å². The predicted molar refractivity (Wildman–Crippen MR) is 86.9 cm³/mol. The summed E-state index contributed by atoms with van der Waals surface area (Å²) in [6, 6.07) is 14.6. The van der Waals surface area contributed by atoms with Crippen molar-refractivity contribution in [2.24, 2.45) is 5.10 Å². The molecule has 1 N–H and O–H groups in total. The highest BCUT2D eigenvalue weighted by Gasteiger charge is 2.32. The molecule has 0 saturated heterocycles. The van der Waals surface area contributed by atoms with Crippen molar-refractivity contribution in [2.45, 2.75) is 5.92 Å². The Labute approximate surface area is 137 Å². The Balaban J connectivity index is 2.01. The van der Waals surface area contributed by atoms with Crippen LogP contribution in [0.4, 0.5) is 4.79 Å². The first-order valence-corrected chi connectivity index (χ1v) is 7.40. The van der Waals surface area contributed by atoms with Gasteiger partial charge in [-0.3, -0.25) is 0 Å². The van der Waals surface area contributed by atoms with E-state index in [9.17, 15) is 9.90 Å². The first-order chi connectivity index (χ1) is 10.5. The topological polar surface area (TPSA) is 52.9 Å². The minimum atomic E-state index is -1.07. The summed E-state index contributed by atoms with van der Waals surface area (Å²) in [5.74, 6) is -0.130. The zero-order valence-corrected chi connectivity index (χ0v) is 12.9. The molecule has 0 saturated carbocycles. The van der Waals surface area contributed by atoms with Crippen molar-refractivity contribution in [1.29, 1.82) is 0 Å². The van der Waals surface area contributed by atoms with Gasteiger partial charge in [0.25, 0.3) is 0 Å². The van der Waals surface area contributed by atoms with Gasteiger partial charge in [-0.25, -0.2) is 4.79 Å². The smallest absolute Gasteiger partial charge is 0.427 e. The highest BCUT2D eigenvalue weighted by Crippen LogP contribution is 2.30. The number of rotatable bonds is 2. The molecule has 0 aromatic heterocycles. The van der Waals surface area contributed by atoms with E-state index in [1.807, 2.05) is 24.3 Å². The summed E-state index contributed by atoms with van der Waals surface area (Å²) in [5, 5.41) is 15.8. The molecule has 1 heterocycles. The first kappa shape index (κ1) is 14.9. The van der Waals surface area contributed by atoms with Crippen molar-refractivity contribution in [3.05, 3.63) is 69.7 Å². The van der Waals surface area contributed by atoms with E-state index in [0.29, 0.717) is 15.8 Å². The van der Waals surface area contributed by atoms with Crippen LogP contribution in [0.1, 0.15) is 17.0 Å². The lowest BCUT2D eigenvalue weighted by Crippen LogP contribution is -2.23. The van der Waals surface area contributed by atoms with Crippen LogP contribution in [0, 0.1) is 0 Å². The summed E-state index contributed by atoms with van der Waals surface area (Å²) in [6.07, 6.45) is -1.07. The summed E-state index contributed by atoms with van der Waals surface area (Å²) >= 11 is 11.8. The molecule has 6 heteroatoms. The Morgan fingerprint density at radius 1 is 1.05 bits per heavy atom. The fourth-order valence-corrected chi connectivity index (χ4v) is 2.71. The molecule has 0 aliphatic carbocycles. The zero-order chi connectivity index (χ0) is 15.7. The third kappa shape index (κ3) is 2.93. The summed E-state index contributed by atoms with van der Waals surface area (Å²) in [6.45, 7) is 0.287. The number of hydrazone groups is 1. The maximum Gasteiger partial charge on any atom is 0.427 e. The van der Waals surface area contributed by atoms with Gasteiger partial charge in [0.2, 0.25) is 0 Å². The second-order valence-electron chi connectivity index (χ2n) is 4.96. The molecule has 1 atom stereocenters. The Kier molecular flexibility index (Phi) is 4.05. The largest absolute Gasteiger partial charge is 0.464 e. The van der Waals surface area contributed by atoms with Gasteiger partial charge in [0.05, 0.1) is 12.3 Å². The monoisotopic (exact) mass is 334 g/mol. The molecular weight excluding hydrogens is 323 g/mol. The van der Waals surface area contributed by atoms with Gasteiger partial charge in [-0.15, -0.1) is 0 Å². The summed E-state index contributed by atoms with van der Waals surface area (Å²) in [7, 11) is 0. The van der Waals surface area contributed by atoms with E-state index in [1.165, 1.54) is 0 Å². The van der Waals surface area contributed by atoms with Crippen LogP contribution in [0.25, 0.3) is 0 Å². The number of benzene rings is 2. The molecule has 4 nitrogen and oxygen atoms in total. The van der Waals surface area contributed by atoms with Gasteiger partial charge in [-0.1, -0.05) is 47.5 Å². The molecule has 1 unspecified atom stereocenters. The minimum absolute atomic E-state index is 0.130. The third-order valence-corrected chi connectivity index (χ3v) is 4.05. The molecule has 2 aromatic carbocycles. The molecule has 2 aromatic rings. The molecule has 112 valence electrons. The van der Waals surface area contributed by atoms with Gasteiger partial charge in [0.15, 0.2) is 0 Å². The summed E-state index contributed by atoms with van der Waals surface area (Å²) in [4.78, 5) is 11.2. The van der Waals surface area contributed by atoms with Crippen molar-refractivity contribution in [3.8, 4) is 0 Å². The predicted octanol–water partition coefficient (Wildman–Crippen LogP) is 4.47. The van der Waals surface area contributed by atoms with E-state index in [4.69, 9.17) is 23.2 Å². The Hall–Kier alpha value is -2.04. The fraction of sp³-hybridized carbons (Fsp3) is 0.125. The Morgan fingerprint density at radius 3 is 2.14 bits per heavy atom. The van der Waals surface area contributed by atoms with E-state index >= 15 is 0 Å². The highest BCUT2D eigenvalue weighted by atomic mass is 35.5. The van der Waals surface area contributed by atoms with Crippen LogP contribution in [0.3, 0.4) is 0 Å². The third-order valence-electron chi connectivity index (χ3n) is 3.55. The van der Waals surface area contributed by atoms with Crippen LogP contribution in [0.15, 0.2) is 53.6 Å². The zero-order valence-electron chi connectivity index (χ0n) is 11.4. The number of hydrogen-bond acceptors (Lipinski definition) is 2. The second kappa shape index (κ2) is 5.99. The van der Waals surface area contributed by atoms with Crippen LogP contribution >= 0.6 is 23.2 Å². The second-order valence-corrected chi connectivity index (χ2v) is 5.83. The van der Waals surface area contributed by atoms with Gasteiger partial charge in [-0.05, 0) is 35.4 Å². The van der Waals surface area contributed by atoms with Gasteiger partial charge < -0.3 is 5.11 Å². The quantitative estimate of drug-likeness (QED) is 0.880. The number of halogens is 2. The van der Waals surface area contributed by atoms with Crippen LogP contribution in [0.2, 0.25) is 10.0 Å². The molecule has 1 aliphatic heterocycles. The van der Waals surface area contributed by atoms with Crippen molar-refractivity contribution >= 4 is 35.0 Å². The van der Waals surface area contributed by atoms with Gasteiger partial charge in [0.1, 0.15) is 0 Å². The summed E-state index contributed by atoms with van der Waals surface area (Å²) < 4.78 is 0. The van der Waals surface area contributed by atoms with Crippen LogP contribution < -0.4 is 0 Å². The number of carboxylic acid groups (broad SMARTS) is 1. The summed E-state index contributed by atoms with van der Waals surface area (Å²) in [5.41, 5.74) is 2.54. The number of carbonyl (C=O) groups is 1. The molecular formula is C16H12Cl2N2O2.